The van der Waals surface area contributed by atoms with Crippen LogP contribution >= 0.6 is 0 Å². The Bertz CT molecular complexity index is 877. The Labute approximate surface area is 186 Å². The SMILES string of the molecule is CCC(C)NC(=O)C(CC)N(Cc1ccc(C)cc1)C(=O)COc1cccc(C)c1C. The summed E-state index contributed by atoms with van der Waals surface area (Å²) in [4.78, 5) is 27.9. The molecule has 0 saturated carbocycles. The van der Waals surface area contributed by atoms with Gasteiger partial charge in [0.25, 0.3) is 5.91 Å². The predicted octanol–water partition coefficient (Wildman–Crippen LogP) is 4.71. The van der Waals surface area contributed by atoms with Crippen LogP contribution in [0.15, 0.2) is 42.5 Å². The molecule has 0 saturated heterocycles. The van der Waals surface area contributed by atoms with Crippen molar-refractivity contribution in [3.63, 3.8) is 0 Å². The van der Waals surface area contributed by atoms with E-state index in [4.69, 9.17) is 4.74 Å². The summed E-state index contributed by atoms with van der Waals surface area (Å²) in [5, 5.41) is 3.03. The summed E-state index contributed by atoms with van der Waals surface area (Å²) in [5.41, 5.74) is 4.27. The molecule has 0 spiro atoms. The standard InChI is InChI=1S/C26H36N2O3/c1-7-20(5)27-26(30)23(8-2)28(16-22-14-12-18(3)13-15-22)25(29)17-31-24-11-9-10-19(4)21(24)6/h9-15,20,23H,7-8,16-17H2,1-6H3,(H,27,30). The monoisotopic (exact) mass is 424 g/mol. The van der Waals surface area contributed by atoms with Crippen LogP contribution in [0.4, 0.5) is 0 Å². The molecule has 0 aromatic heterocycles. The first-order valence-corrected chi connectivity index (χ1v) is 11.1. The van der Waals surface area contributed by atoms with Crippen LogP contribution in [0.2, 0.25) is 0 Å². The van der Waals surface area contributed by atoms with Gasteiger partial charge in [-0.2, -0.15) is 0 Å². The van der Waals surface area contributed by atoms with E-state index in [1.165, 1.54) is 0 Å². The lowest BCUT2D eigenvalue weighted by Crippen LogP contribution is -2.51. The van der Waals surface area contributed by atoms with Crippen molar-refractivity contribution in [2.24, 2.45) is 0 Å². The summed E-state index contributed by atoms with van der Waals surface area (Å²) < 4.78 is 5.87. The van der Waals surface area contributed by atoms with Gasteiger partial charge >= 0.3 is 0 Å². The molecule has 2 aromatic rings. The normalized spacial score (nSPS) is 12.7. The molecule has 2 rings (SSSR count). The molecule has 0 radical (unpaired) electrons. The van der Waals surface area contributed by atoms with E-state index in [1.54, 1.807) is 4.90 Å². The molecule has 2 unspecified atom stereocenters. The number of ether oxygens (including phenoxy) is 1. The minimum atomic E-state index is -0.551. The first-order chi connectivity index (χ1) is 14.8. The number of amides is 2. The van der Waals surface area contributed by atoms with Gasteiger partial charge in [-0.05, 0) is 63.3 Å². The molecule has 5 nitrogen and oxygen atoms in total. The van der Waals surface area contributed by atoms with Crippen LogP contribution in [0.5, 0.6) is 5.75 Å². The zero-order chi connectivity index (χ0) is 23.0. The number of nitrogens with zero attached hydrogens (tertiary/aromatic N) is 1. The molecule has 0 aliphatic rings. The smallest absolute Gasteiger partial charge is 0.261 e. The van der Waals surface area contributed by atoms with Crippen molar-refractivity contribution < 1.29 is 14.3 Å². The number of rotatable bonds is 10. The van der Waals surface area contributed by atoms with Crippen molar-refractivity contribution >= 4 is 11.8 Å². The Hall–Kier alpha value is -2.82. The van der Waals surface area contributed by atoms with Crippen molar-refractivity contribution in [3.05, 3.63) is 64.7 Å². The molecule has 0 aliphatic carbocycles. The summed E-state index contributed by atoms with van der Waals surface area (Å²) in [6, 6.07) is 13.3. The Balaban J connectivity index is 2.23. The fourth-order valence-electron chi connectivity index (χ4n) is 3.35. The Morgan fingerprint density at radius 3 is 2.29 bits per heavy atom. The molecular weight excluding hydrogens is 388 g/mol. The zero-order valence-corrected chi connectivity index (χ0v) is 19.7. The largest absolute Gasteiger partial charge is 0.483 e. The van der Waals surface area contributed by atoms with Crippen molar-refractivity contribution in [2.75, 3.05) is 6.61 Å². The quantitative estimate of drug-likeness (QED) is 0.601. The highest BCUT2D eigenvalue weighted by Crippen LogP contribution is 2.21. The summed E-state index contributed by atoms with van der Waals surface area (Å²) in [7, 11) is 0. The molecule has 5 heteroatoms. The maximum atomic E-state index is 13.3. The fourth-order valence-corrected chi connectivity index (χ4v) is 3.35. The number of carbonyl (C=O) groups is 2. The number of hydrogen-bond donors (Lipinski definition) is 1. The topological polar surface area (TPSA) is 58.6 Å². The third kappa shape index (κ3) is 6.84. The maximum absolute atomic E-state index is 13.3. The molecule has 2 aromatic carbocycles. The van der Waals surface area contributed by atoms with Gasteiger partial charge in [0.05, 0.1) is 0 Å². The van der Waals surface area contributed by atoms with Crippen molar-refractivity contribution in [3.8, 4) is 5.75 Å². The molecule has 0 bridgehead atoms. The molecule has 0 fully saturated rings. The lowest BCUT2D eigenvalue weighted by molar-refractivity contribution is -0.143. The van der Waals surface area contributed by atoms with Gasteiger partial charge in [-0.15, -0.1) is 0 Å². The average Bonchev–Trinajstić information content (AvgIpc) is 2.75. The molecule has 2 atom stereocenters. The second-order valence-corrected chi connectivity index (χ2v) is 8.24. The Kier molecular flexibility index (Phi) is 9.10. The van der Waals surface area contributed by atoms with Crippen molar-refractivity contribution in [1.82, 2.24) is 10.2 Å². The van der Waals surface area contributed by atoms with E-state index < -0.39 is 6.04 Å². The van der Waals surface area contributed by atoms with E-state index >= 15 is 0 Å². The van der Waals surface area contributed by atoms with Crippen LogP contribution in [-0.4, -0.2) is 35.4 Å². The highest BCUT2D eigenvalue weighted by atomic mass is 16.5. The van der Waals surface area contributed by atoms with E-state index in [2.05, 4.69) is 5.32 Å². The third-order valence-corrected chi connectivity index (χ3v) is 5.77. The van der Waals surface area contributed by atoms with Crippen LogP contribution in [-0.2, 0) is 16.1 Å². The number of nitrogens with one attached hydrogen (secondary N) is 1. The summed E-state index contributed by atoms with van der Waals surface area (Å²) in [5.74, 6) is 0.373. The van der Waals surface area contributed by atoms with Crippen LogP contribution < -0.4 is 10.1 Å². The predicted molar refractivity (Wildman–Crippen MR) is 125 cm³/mol. The van der Waals surface area contributed by atoms with Crippen molar-refractivity contribution in [2.45, 2.75) is 73.0 Å². The molecule has 2 amide bonds. The van der Waals surface area contributed by atoms with E-state index in [0.29, 0.717) is 18.7 Å². The van der Waals surface area contributed by atoms with Gasteiger partial charge in [0, 0.05) is 12.6 Å². The number of benzene rings is 2. The van der Waals surface area contributed by atoms with Crippen LogP contribution in [0.1, 0.15) is 55.9 Å². The Morgan fingerprint density at radius 1 is 1.00 bits per heavy atom. The Morgan fingerprint density at radius 2 is 1.68 bits per heavy atom. The van der Waals surface area contributed by atoms with Gasteiger partial charge in [0.15, 0.2) is 6.61 Å². The number of hydrogen-bond acceptors (Lipinski definition) is 3. The van der Waals surface area contributed by atoms with E-state index in [1.807, 2.05) is 84.0 Å². The third-order valence-electron chi connectivity index (χ3n) is 5.77. The minimum Gasteiger partial charge on any atom is -0.483 e. The molecule has 168 valence electrons. The molecular formula is C26H36N2O3. The molecule has 0 heterocycles. The van der Waals surface area contributed by atoms with Gasteiger partial charge in [-0.25, -0.2) is 0 Å². The highest BCUT2D eigenvalue weighted by molar-refractivity contribution is 5.88. The van der Waals surface area contributed by atoms with E-state index in [0.717, 1.165) is 28.7 Å². The molecule has 0 aliphatic heterocycles. The average molecular weight is 425 g/mol. The minimum absolute atomic E-state index is 0.0593. The maximum Gasteiger partial charge on any atom is 0.261 e. The van der Waals surface area contributed by atoms with Crippen molar-refractivity contribution in [1.29, 1.82) is 0 Å². The first-order valence-electron chi connectivity index (χ1n) is 11.1. The van der Waals surface area contributed by atoms with Crippen LogP contribution in [0.3, 0.4) is 0 Å². The second kappa shape index (κ2) is 11.5. The molecule has 31 heavy (non-hydrogen) atoms. The van der Waals surface area contributed by atoms with Gasteiger partial charge in [0.2, 0.25) is 5.91 Å². The van der Waals surface area contributed by atoms with Crippen LogP contribution in [0.25, 0.3) is 0 Å². The van der Waals surface area contributed by atoms with Gasteiger partial charge in [-0.3, -0.25) is 9.59 Å². The fraction of sp³-hybridized carbons (Fsp3) is 0.462. The lowest BCUT2D eigenvalue weighted by atomic mass is 10.1. The van der Waals surface area contributed by atoms with Crippen LogP contribution in [0, 0.1) is 20.8 Å². The number of carbonyl (C=O) groups excluding carboxylic acids is 2. The number of aryl methyl sites for hydroxylation is 2. The second-order valence-electron chi connectivity index (χ2n) is 8.24. The summed E-state index contributed by atoms with van der Waals surface area (Å²) >= 11 is 0. The summed E-state index contributed by atoms with van der Waals surface area (Å²) in [6.45, 7) is 12.2. The van der Waals surface area contributed by atoms with Gasteiger partial charge in [-0.1, -0.05) is 55.8 Å². The molecule has 1 N–H and O–H groups in total. The zero-order valence-electron chi connectivity index (χ0n) is 19.7. The van der Waals surface area contributed by atoms with Gasteiger partial charge < -0.3 is 15.0 Å². The first kappa shape index (κ1) is 24.4. The van der Waals surface area contributed by atoms with E-state index in [-0.39, 0.29) is 24.5 Å². The van der Waals surface area contributed by atoms with E-state index in [9.17, 15) is 9.59 Å². The lowest BCUT2D eigenvalue weighted by Gasteiger charge is -2.31. The highest BCUT2D eigenvalue weighted by Gasteiger charge is 2.29. The van der Waals surface area contributed by atoms with Gasteiger partial charge in [0.1, 0.15) is 11.8 Å². The summed E-state index contributed by atoms with van der Waals surface area (Å²) in [6.07, 6.45) is 1.37.